The van der Waals surface area contributed by atoms with Gasteiger partial charge in [-0.25, -0.2) is 9.97 Å². The molecule has 1 rings (SSSR count). The predicted octanol–water partition coefficient (Wildman–Crippen LogP) is 1.06. The van der Waals surface area contributed by atoms with Gasteiger partial charge in [0.15, 0.2) is 5.82 Å². The quantitative estimate of drug-likeness (QED) is 0.772. The van der Waals surface area contributed by atoms with Gasteiger partial charge < -0.3 is 10.1 Å². The first-order chi connectivity index (χ1) is 6.77. The lowest BCUT2D eigenvalue weighted by molar-refractivity contribution is 0.397. The molecule has 0 aliphatic heterocycles. The van der Waals surface area contributed by atoms with Crippen LogP contribution < -0.4 is 10.1 Å². The molecule has 5 nitrogen and oxygen atoms in total. The Morgan fingerprint density at radius 3 is 2.93 bits per heavy atom. The molecular weight excluding hydrogens is 180 g/mol. The van der Waals surface area contributed by atoms with E-state index in [1.807, 2.05) is 6.92 Å². The second-order valence-electron chi connectivity index (χ2n) is 2.83. The fraction of sp³-hybridized carbons (Fsp3) is 0.444. The van der Waals surface area contributed by atoms with Crippen LogP contribution in [0.1, 0.15) is 6.92 Å². The standard InChI is InChI=1S/C9H12N4O/c1-7(5-10)6-13-8-9(14-2)12-4-3-11-8/h3-4,7H,6H2,1-2H3,(H,11,13). The molecule has 0 radical (unpaired) electrons. The second kappa shape index (κ2) is 5.02. The zero-order valence-electron chi connectivity index (χ0n) is 8.19. The summed E-state index contributed by atoms with van der Waals surface area (Å²) in [4.78, 5) is 8.02. The van der Waals surface area contributed by atoms with Gasteiger partial charge in [-0.3, -0.25) is 0 Å². The van der Waals surface area contributed by atoms with E-state index in [2.05, 4.69) is 21.4 Å². The molecular formula is C9H12N4O. The average molecular weight is 192 g/mol. The van der Waals surface area contributed by atoms with E-state index in [0.29, 0.717) is 18.2 Å². The molecule has 1 unspecified atom stereocenters. The topological polar surface area (TPSA) is 70.8 Å². The molecule has 1 aromatic heterocycles. The summed E-state index contributed by atoms with van der Waals surface area (Å²) in [6.45, 7) is 2.36. The summed E-state index contributed by atoms with van der Waals surface area (Å²) in [6, 6.07) is 2.12. The molecule has 0 amide bonds. The molecule has 74 valence electrons. The Kier molecular flexibility index (Phi) is 3.68. The minimum Gasteiger partial charge on any atom is -0.478 e. The van der Waals surface area contributed by atoms with E-state index >= 15 is 0 Å². The first-order valence-electron chi connectivity index (χ1n) is 4.26. The molecule has 0 aliphatic rings. The van der Waals surface area contributed by atoms with Crippen LogP contribution in [0.15, 0.2) is 12.4 Å². The summed E-state index contributed by atoms with van der Waals surface area (Å²) >= 11 is 0. The van der Waals surface area contributed by atoms with Gasteiger partial charge in [-0.15, -0.1) is 0 Å². The van der Waals surface area contributed by atoms with Crippen molar-refractivity contribution in [2.45, 2.75) is 6.92 Å². The van der Waals surface area contributed by atoms with Crippen molar-refractivity contribution >= 4 is 5.82 Å². The van der Waals surface area contributed by atoms with Crippen LogP contribution in [0.2, 0.25) is 0 Å². The predicted molar refractivity (Wildman–Crippen MR) is 51.9 cm³/mol. The zero-order valence-corrected chi connectivity index (χ0v) is 8.19. The van der Waals surface area contributed by atoms with Crippen LogP contribution in [0.25, 0.3) is 0 Å². The average Bonchev–Trinajstić information content (AvgIpc) is 2.26. The van der Waals surface area contributed by atoms with Gasteiger partial charge in [0.05, 0.1) is 19.1 Å². The van der Waals surface area contributed by atoms with Crippen LogP contribution in [-0.2, 0) is 0 Å². The highest BCUT2D eigenvalue weighted by molar-refractivity contribution is 5.44. The van der Waals surface area contributed by atoms with E-state index in [4.69, 9.17) is 10.00 Å². The van der Waals surface area contributed by atoms with E-state index in [-0.39, 0.29) is 5.92 Å². The number of ether oxygens (including phenoxy) is 1. The molecule has 1 N–H and O–H groups in total. The minimum atomic E-state index is -0.0679. The Labute approximate surface area is 82.8 Å². The minimum absolute atomic E-state index is 0.0679. The summed E-state index contributed by atoms with van der Waals surface area (Å²) in [6.07, 6.45) is 3.12. The molecule has 0 fully saturated rings. The molecule has 0 saturated carbocycles. The van der Waals surface area contributed by atoms with Gasteiger partial charge in [-0.05, 0) is 6.92 Å². The summed E-state index contributed by atoms with van der Waals surface area (Å²) < 4.78 is 4.99. The van der Waals surface area contributed by atoms with Gasteiger partial charge in [0.2, 0.25) is 0 Å². The number of nitriles is 1. The SMILES string of the molecule is COc1nccnc1NCC(C)C#N. The number of nitrogens with zero attached hydrogens (tertiary/aromatic N) is 3. The van der Waals surface area contributed by atoms with Crippen LogP contribution in [0.5, 0.6) is 5.88 Å². The van der Waals surface area contributed by atoms with Crippen molar-refractivity contribution in [2.75, 3.05) is 19.0 Å². The van der Waals surface area contributed by atoms with Crippen molar-refractivity contribution in [1.82, 2.24) is 9.97 Å². The van der Waals surface area contributed by atoms with Crippen LogP contribution >= 0.6 is 0 Å². The van der Waals surface area contributed by atoms with E-state index in [0.717, 1.165) is 0 Å². The first kappa shape index (κ1) is 10.3. The van der Waals surface area contributed by atoms with Gasteiger partial charge >= 0.3 is 0 Å². The molecule has 5 heteroatoms. The van der Waals surface area contributed by atoms with Crippen molar-refractivity contribution in [2.24, 2.45) is 5.92 Å². The number of anilines is 1. The third kappa shape index (κ3) is 2.59. The lowest BCUT2D eigenvalue weighted by Gasteiger charge is -2.08. The lowest BCUT2D eigenvalue weighted by Crippen LogP contribution is -2.11. The lowest BCUT2D eigenvalue weighted by atomic mass is 10.2. The maximum absolute atomic E-state index is 8.58. The van der Waals surface area contributed by atoms with E-state index in [1.54, 1.807) is 12.4 Å². The zero-order chi connectivity index (χ0) is 10.4. The highest BCUT2D eigenvalue weighted by atomic mass is 16.5. The number of hydrogen-bond donors (Lipinski definition) is 1. The smallest absolute Gasteiger partial charge is 0.257 e. The van der Waals surface area contributed by atoms with E-state index < -0.39 is 0 Å². The Balaban J connectivity index is 2.63. The van der Waals surface area contributed by atoms with Crippen molar-refractivity contribution in [3.8, 4) is 11.9 Å². The molecule has 0 saturated heterocycles. The second-order valence-corrected chi connectivity index (χ2v) is 2.83. The van der Waals surface area contributed by atoms with Crippen molar-refractivity contribution in [3.63, 3.8) is 0 Å². The number of rotatable bonds is 4. The Morgan fingerprint density at radius 2 is 2.29 bits per heavy atom. The van der Waals surface area contributed by atoms with Gasteiger partial charge in [0.25, 0.3) is 5.88 Å². The van der Waals surface area contributed by atoms with E-state index in [1.165, 1.54) is 7.11 Å². The first-order valence-corrected chi connectivity index (χ1v) is 4.26. The molecule has 0 spiro atoms. The molecule has 14 heavy (non-hydrogen) atoms. The maximum Gasteiger partial charge on any atom is 0.257 e. The van der Waals surface area contributed by atoms with E-state index in [9.17, 15) is 0 Å². The van der Waals surface area contributed by atoms with Crippen molar-refractivity contribution in [1.29, 1.82) is 5.26 Å². The number of nitrogens with one attached hydrogen (secondary N) is 1. The Morgan fingerprint density at radius 1 is 1.57 bits per heavy atom. The molecule has 0 aliphatic carbocycles. The highest BCUT2D eigenvalue weighted by Gasteiger charge is 2.05. The van der Waals surface area contributed by atoms with Gasteiger partial charge in [-0.2, -0.15) is 5.26 Å². The highest BCUT2D eigenvalue weighted by Crippen LogP contribution is 2.16. The molecule has 1 heterocycles. The summed E-state index contributed by atoms with van der Waals surface area (Å²) in [7, 11) is 1.53. The normalized spacial score (nSPS) is 11.5. The number of methoxy groups -OCH3 is 1. The van der Waals surface area contributed by atoms with Crippen LogP contribution in [0.4, 0.5) is 5.82 Å². The van der Waals surface area contributed by atoms with Gasteiger partial charge in [0.1, 0.15) is 0 Å². The third-order valence-electron chi connectivity index (χ3n) is 1.65. The summed E-state index contributed by atoms with van der Waals surface area (Å²) in [5, 5.41) is 11.6. The monoisotopic (exact) mass is 192 g/mol. The van der Waals surface area contributed by atoms with Crippen LogP contribution in [0, 0.1) is 17.2 Å². The Hall–Kier alpha value is -1.83. The third-order valence-corrected chi connectivity index (χ3v) is 1.65. The summed E-state index contributed by atoms with van der Waals surface area (Å²) in [5.74, 6) is 0.941. The number of hydrogen-bond acceptors (Lipinski definition) is 5. The molecule has 0 aromatic carbocycles. The molecule has 1 aromatic rings. The fourth-order valence-corrected chi connectivity index (χ4v) is 0.891. The van der Waals surface area contributed by atoms with Gasteiger partial charge in [0, 0.05) is 18.9 Å². The molecule has 1 atom stereocenters. The number of aromatic nitrogens is 2. The van der Waals surface area contributed by atoms with Gasteiger partial charge in [-0.1, -0.05) is 0 Å². The van der Waals surface area contributed by atoms with Crippen molar-refractivity contribution in [3.05, 3.63) is 12.4 Å². The largest absolute Gasteiger partial charge is 0.478 e. The fourth-order valence-electron chi connectivity index (χ4n) is 0.891. The maximum atomic E-state index is 8.58. The summed E-state index contributed by atoms with van der Waals surface area (Å²) in [5.41, 5.74) is 0. The van der Waals surface area contributed by atoms with Crippen molar-refractivity contribution < 1.29 is 4.74 Å². The molecule has 0 bridgehead atoms. The van der Waals surface area contributed by atoms with Crippen LogP contribution in [0.3, 0.4) is 0 Å². The Bertz CT molecular complexity index is 334. The van der Waals surface area contributed by atoms with Crippen LogP contribution in [-0.4, -0.2) is 23.6 Å².